The lowest BCUT2D eigenvalue weighted by Crippen LogP contribution is -2.42. The molecule has 1 fully saturated rings. The Kier molecular flexibility index (Phi) is 6.73. The highest BCUT2D eigenvalue weighted by atomic mass is 32.2. The van der Waals surface area contributed by atoms with Crippen LogP contribution in [-0.2, 0) is 11.3 Å². The van der Waals surface area contributed by atoms with E-state index >= 15 is 0 Å². The number of amides is 1. The third kappa shape index (κ3) is 4.73. The van der Waals surface area contributed by atoms with Crippen LogP contribution in [0.2, 0.25) is 0 Å². The fourth-order valence-electron chi connectivity index (χ4n) is 2.97. The van der Waals surface area contributed by atoms with Crippen molar-refractivity contribution in [2.75, 3.05) is 19.3 Å². The van der Waals surface area contributed by atoms with E-state index in [0.29, 0.717) is 13.1 Å². The quantitative estimate of drug-likeness (QED) is 0.805. The maximum Gasteiger partial charge on any atom is 0.233 e. The number of thioether (sulfide) groups is 1. The molecule has 0 aromatic heterocycles. The van der Waals surface area contributed by atoms with Crippen molar-refractivity contribution in [2.24, 2.45) is 0 Å². The normalized spacial score (nSPS) is 23.4. The molecule has 1 heterocycles. The lowest BCUT2D eigenvalue weighted by atomic mass is 10.1. The lowest BCUT2D eigenvalue weighted by molar-refractivity contribution is -0.120. The van der Waals surface area contributed by atoms with Gasteiger partial charge in [-0.05, 0) is 24.7 Å². The molecule has 1 aliphatic heterocycles. The molecule has 1 aromatic rings. The summed E-state index contributed by atoms with van der Waals surface area (Å²) in [6.45, 7) is 4.13. The van der Waals surface area contributed by atoms with Gasteiger partial charge in [0.1, 0.15) is 0 Å². The Bertz CT molecular complexity index is 465. The molecule has 0 spiro atoms. The molecule has 1 aliphatic rings. The van der Waals surface area contributed by atoms with Crippen molar-refractivity contribution < 1.29 is 9.90 Å². The first kappa shape index (κ1) is 17.3. The molecule has 0 saturated carbocycles. The molecule has 2 N–H and O–H groups in total. The molecule has 2 rings (SSSR count). The summed E-state index contributed by atoms with van der Waals surface area (Å²) in [6, 6.07) is 10.5. The second-order valence-corrected chi connectivity index (χ2v) is 6.88. The minimum atomic E-state index is -0.298. The van der Waals surface area contributed by atoms with Gasteiger partial charge >= 0.3 is 0 Å². The number of rotatable bonds is 7. The number of nitrogens with one attached hydrogen (secondary N) is 1. The van der Waals surface area contributed by atoms with Gasteiger partial charge in [-0.2, -0.15) is 11.8 Å². The number of nitrogens with zero attached hydrogens (tertiary/aromatic N) is 1. The number of carbonyl (C=O) groups is 1. The molecule has 122 valence electrons. The van der Waals surface area contributed by atoms with Crippen molar-refractivity contribution in [1.82, 2.24) is 10.2 Å². The van der Waals surface area contributed by atoms with E-state index in [4.69, 9.17) is 0 Å². The maximum absolute atomic E-state index is 12.1. The predicted molar refractivity (Wildman–Crippen MR) is 91.9 cm³/mol. The zero-order valence-electron chi connectivity index (χ0n) is 13.4. The Labute approximate surface area is 137 Å². The van der Waals surface area contributed by atoms with Crippen molar-refractivity contribution in [3.05, 3.63) is 35.9 Å². The average molecular weight is 322 g/mol. The van der Waals surface area contributed by atoms with E-state index < -0.39 is 0 Å². The van der Waals surface area contributed by atoms with Crippen molar-refractivity contribution in [2.45, 2.75) is 43.7 Å². The van der Waals surface area contributed by atoms with Crippen LogP contribution in [0.1, 0.15) is 25.3 Å². The van der Waals surface area contributed by atoms with Crippen molar-refractivity contribution in [3.8, 4) is 0 Å². The van der Waals surface area contributed by atoms with E-state index in [0.717, 1.165) is 19.4 Å². The largest absolute Gasteiger partial charge is 0.392 e. The summed E-state index contributed by atoms with van der Waals surface area (Å²) in [5.41, 5.74) is 1.24. The van der Waals surface area contributed by atoms with Crippen LogP contribution in [-0.4, -0.2) is 52.7 Å². The van der Waals surface area contributed by atoms with Crippen LogP contribution in [0, 0.1) is 0 Å². The summed E-state index contributed by atoms with van der Waals surface area (Å²) < 4.78 is 0. The highest BCUT2D eigenvalue weighted by Crippen LogP contribution is 2.20. The van der Waals surface area contributed by atoms with E-state index in [1.165, 1.54) is 5.56 Å². The van der Waals surface area contributed by atoms with Crippen molar-refractivity contribution in [3.63, 3.8) is 0 Å². The van der Waals surface area contributed by atoms with Crippen molar-refractivity contribution in [1.29, 1.82) is 0 Å². The van der Waals surface area contributed by atoms with E-state index in [1.54, 1.807) is 11.8 Å². The number of aliphatic hydroxyl groups excluding tert-OH is 1. The molecule has 0 aliphatic carbocycles. The van der Waals surface area contributed by atoms with Gasteiger partial charge in [0.05, 0.1) is 11.4 Å². The molecule has 22 heavy (non-hydrogen) atoms. The average Bonchev–Trinajstić information content (AvgIpc) is 2.87. The number of carbonyl (C=O) groups excluding carboxylic acids is 1. The van der Waals surface area contributed by atoms with Gasteiger partial charge in [-0.1, -0.05) is 37.3 Å². The number of hydrogen-bond acceptors (Lipinski definition) is 4. The third-order valence-electron chi connectivity index (χ3n) is 4.19. The second-order valence-electron chi connectivity index (χ2n) is 5.84. The minimum absolute atomic E-state index is 0.0221. The van der Waals surface area contributed by atoms with Gasteiger partial charge in [0, 0.05) is 25.7 Å². The number of β-amino-alcohol motifs (C(OH)–C–C–N with tert-alkyl or cyclic N) is 1. The molecule has 1 amide bonds. The van der Waals surface area contributed by atoms with E-state index in [2.05, 4.69) is 22.3 Å². The van der Waals surface area contributed by atoms with Crippen LogP contribution in [0.5, 0.6) is 0 Å². The molecule has 0 radical (unpaired) electrons. The first-order valence-corrected chi connectivity index (χ1v) is 9.19. The zero-order valence-corrected chi connectivity index (χ0v) is 14.2. The van der Waals surface area contributed by atoms with Gasteiger partial charge < -0.3 is 10.4 Å². The molecule has 5 heteroatoms. The highest BCUT2D eigenvalue weighted by molar-refractivity contribution is 7.99. The molecule has 3 unspecified atom stereocenters. The second kappa shape index (κ2) is 8.56. The molecule has 1 aromatic carbocycles. The van der Waals surface area contributed by atoms with E-state index in [-0.39, 0.29) is 23.3 Å². The van der Waals surface area contributed by atoms with Gasteiger partial charge in [-0.25, -0.2) is 0 Å². The molecule has 3 atom stereocenters. The summed E-state index contributed by atoms with van der Waals surface area (Å²) in [5.74, 6) is 0.107. The van der Waals surface area contributed by atoms with Crippen LogP contribution in [0.25, 0.3) is 0 Å². The minimum Gasteiger partial charge on any atom is -0.392 e. The Hall–Kier alpha value is -1.04. The molecule has 1 saturated heterocycles. The summed E-state index contributed by atoms with van der Waals surface area (Å²) in [7, 11) is 0. The van der Waals surface area contributed by atoms with Gasteiger partial charge in [0.25, 0.3) is 0 Å². The Morgan fingerprint density at radius 1 is 1.45 bits per heavy atom. The number of aliphatic hydroxyl groups is 1. The van der Waals surface area contributed by atoms with Crippen LogP contribution >= 0.6 is 11.8 Å². The number of hydrogen-bond donors (Lipinski definition) is 2. The summed E-state index contributed by atoms with van der Waals surface area (Å²) in [5, 5.41) is 13.0. The molecule has 4 nitrogen and oxygen atoms in total. The van der Waals surface area contributed by atoms with Gasteiger partial charge in [0.15, 0.2) is 0 Å². The smallest absolute Gasteiger partial charge is 0.233 e. The van der Waals surface area contributed by atoms with Crippen LogP contribution in [0.4, 0.5) is 0 Å². The first-order chi connectivity index (χ1) is 10.6. The van der Waals surface area contributed by atoms with Crippen LogP contribution in [0.15, 0.2) is 30.3 Å². The fourth-order valence-corrected chi connectivity index (χ4v) is 3.60. The molecular weight excluding hydrogens is 296 g/mol. The van der Waals surface area contributed by atoms with Crippen molar-refractivity contribution >= 4 is 17.7 Å². The molecular formula is C17H26N2O2S. The van der Waals surface area contributed by atoms with Gasteiger partial charge in [-0.3, -0.25) is 9.69 Å². The first-order valence-electron chi connectivity index (χ1n) is 7.90. The lowest BCUT2D eigenvalue weighted by Gasteiger charge is -2.25. The topological polar surface area (TPSA) is 52.6 Å². The van der Waals surface area contributed by atoms with E-state index in [1.807, 2.05) is 31.4 Å². The van der Waals surface area contributed by atoms with Crippen LogP contribution < -0.4 is 5.32 Å². The fraction of sp³-hybridized carbons (Fsp3) is 0.588. The van der Waals surface area contributed by atoms with Crippen LogP contribution in [0.3, 0.4) is 0 Å². The summed E-state index contributed by atoms with van der Waals surface area (Å²) in [6.07, 6.45) is 3.24. The monoisotopic (exact) mass is 322 g/mol. The van der Waals surface area contributed by atoms with E-state index in [9.17, 15) is 9.90 Å². The zero-order chi connectivity index (χ0) is 15.9. The maximum atomic E-state index is 12.1. The molecule has 0 bridgehead atoms. The van der Waals surface area contributed by atoms with Gasteiger partial charge in [-0.15, -0.1) is 0 Å². The standard InChI is InChI=1S/C17H26N2O2S/c1-3-16(22-2)17(21)18-10-14-9-15(20)12-19(14)11-13-7-5-4-6-8-13/h4-8,14-16,20H,3,9-12H2,1-2H3,(H,18,21). The number of likely N-dealkylation sites (tertiary alicyclic amines) is 1. The Morgan fingerprint density at radius 2 is 2.18 bits per heavy atom. The highest BCUT2D eigenvalue weighted by Gasteiger charge is 2.31. The predicted octanol–water partition coefficient (Wildman–Crippen LogP) is 1.88. The van der Waals surface area contributed by atoms with Gasteiger partial charge in [0.2, 0.25) is 5.91 Å². The SMILES string of the molecule is CCC(SC)C(=O)NCC1CC(O)CN1Cc1ccccc1. The Balaban J connectivity index is 1.89. The Morgan fingerprint density at radius 3 is 2.82 bits per heavy atom. The number of benzene rings is 1. The summed E-state index contributed by atoms with van der Waals surface area (Å²) in [4.78, 5) is 14.4. The third-order valence-corrected chi connectivity index (χ3v) is 5.31. The summed E-state index contributed by atoms with van der Waals surface area (Å²) >= 11 is 1.59.